The van der Waals surface area contributed by atoms with Crippen LogP contribution in [0, 0.1) is 11.3 Å². The van der Waals surface area contributed by atoms with Gasteiger partial charge in [-0.15, -0.1) is 6.58 Å². The van der Waals surface area contributed by atoms with Gasteiger partial charge in [0.25, 0.3) is 0 Å². The third kappa shape index (κ3) is 4.54. The minimum Gasteiger partial charge on any atom is -0.396 e. The van der Waals surface area contributed by atoms with Crippen LogP contribution in [0.2, 0.25) is 0 Å². The number of carbonyl (C=O) groups is 2. The zero-order valence-electron chi connectivity index (χ0n) is 13.9. The minimum atomic E-state index is -0.317. The fourth-order valence-electron chi connectivity index (χ4n) is 3.88. The van der Waals surface area contributed by atoms with Crippen molar-refractivity contribution >= 4 is 11.8 Å². The fraction of sp³-hybridized carbons (Fsp3) is 0.765. The van der Waals surface area contributed by atoms with E-state index in [9.17, 15) is 14.7 Å². The lowest BCUT2D eigenvalue weighted by molar-refractivity contribution is -0.141. The number of amides is 2. The van der Waals surface area contributed by atoms with Crippen LogP contribution in [0.5, 0.6) is 0 Å². The lowest BCUT2D eigenvalue weighted by Crippen LogP contribution is -2.51. The topological polar surface area (TPSA) is 86.9 Å². The van der Waals surface area contributed by atoms with Gasteiger partial charge in [-0.1, -0.05) is 6.08 Å². The molecule has 2 aliphatic rings. The molecule has 0 unspecified atom stereocenters. The molecular weight excluding hydrogens is 294 g/mol. The Morgan fingerprint density at radius 3 is 2.57 bits per heavy atom. The maximum Gasteiger partial charge on any atom is 0.231 e. The monoisotopic (exact) mass is 323 g/mol. The van der Waals surface area contributed by atoms with E-state index in [1.54, 1.807) is 0 Å². The molecule has 0 saturated carbocycles. The number of nitrogens with two attached hydrogens (primary N) is 1. The highest BCUT2D eigenvalue weighted by atomic mass is 16.3. The Kier molecular flexibility index (Phi) is 6.18. The quantitative estimate of drug-likeness (QED) is 0.691. The Bertz CT molecular complexity index is 446. The molecule has 0 aromatic carbocycles. The van der Waals surface area contributed by atoms with Crippen LogP contribution in [-0.2, 0) is 9.59 Å². The van der Waals surface area contributed by atoms with Gasteiger partial charge in [-0.3, -0.25) is 14.5 Å². The van der Waals surface area contributed by atoms with Crippen LogP contribution >= 0.6 is 0 Å². The highest BCUT2D eigenvalue weighted by molar-refractivity contribution is 5.79. The number of aliphatic hydroxyl groups is 1. The summed E-state index contributed by atoms with van der Waals surface area (Å²) in [6.45, 7) is 7.03. The van der Waals surface area contributed by atoms with Crippen molar-refractivity contribution in [2.24, 2.45) is 17.1 Å². The van der Waals surface area contributed by atoms with E-state index in [-0.39, 0.29) is 36.3 Å². The van der Waals surface area contributed by atoms with Gasteiger partial charge in [-0.2, -0.15) is 0 Å². The summed E-state index contributed by atoms with van der Waals surface area (Å²) in [5, 5.41) is 9.76. The molecule has 2 saturated heterocycles. The van der Waals surface area contributed by atoms with Gasteiger partial charge in [0.2, 0.25) is 11.8 Å². The Morgan fingerprint density at radius 1 is 1.30 bits per heavy atom. The summed E-state index contributed by atoms with van der Waals surface area (Å²) in [7, 11) is 0. The van der Waals surface area contributed by atoms with Crippen LogP contribution in [0.1, 0.15) is 32.1 Å². The highest BCUT2D eigenvalue weighted by Gasteiger charge is 2.38. The largest absolute Gasteiger partial charge is 0.396 e. The summed E-state index contributed by atoms with van der Waals surface area (Å²) < 4.78 is 0. The average molecular weight is 323 g/mol. The van der Waals surface area contributed by atoms with Crippen molar-refractivity contribution in [2.45, 2.75) is 32.1 Å². The van der Waals surface area contributed by atoms with Gasteiger partial charge >= 0.3 is 0 Å². The first-order valence-corrected chi connectivity index (χ1v) is 8.51. The third-order valence-corrected chi connectivity index (χ3v) is 5.20. The lowest BCUT2D eigenvalue weighted by Gasteiger charge is -2.43. The van der Waals surface area contributed by atoms with Crippen LogP contribution in [0.25, 0.3) is 0 Å². The molecular formula is C17H29N3O3. The summed E-state index contributed by atoms with van der Waals surface area (Å²) in [5.74, 6) is -0.0920. The molecule has 2 heterocycles. The average Bonchev–Trinajstić information content (AvgIpc) is 2.55. The number of nitrogens with zero attached hydrogens (tertiary/aromatic N) is 2. The van der Waals surface area contributed by atoms with Crippen LogP contribution in [0.4, 0.5) is 0 Å². The van der Waals surface area contributed by atoms with Gasteiger partial charge in [0.05, 0.1) is 13.2 Å². The number of rotatable bonds is 6. The van der Waals surface area contributed by atoms with E-state index in [0.29, 0.717) is 6.54 Å². The first-order chi connectivity index (χ1) is 11.0. The highest BCUT2D eigenvalue weighted by Crippen LogP contribution is 2.34. The number of primary amides is 1. The summed E-state index contributed by atoms with van der Waals surface area (Å²) >= 11 is 0. The summed E-state index contributed by atoms with van der Waals surface area (Å²) in [4.78, 5) is 27.7. The molecule has 2 rings (SSSR count). The Morgan fingerprint density at radius 2 is 2.00 bits per heavy atom. The van der Waals surface area contributed by atoms with Gasteiger partial charge in [0, 0.05) is 24.4 Å². The molecule has 0 aromatic rings. The molecule has 0 spiro atoms. The molecule has 130 valence electrons. The molecule has 3 N–H and O–H groups in total. The van der Waals surface area contributed by atoms with E-state index in [4.69, 9.17) is 5.73 Å². The molecule has 0 radical (unpaired) electrons. The summed E-state index contributed by atoms with van der Waals surface area (Å²) in [5.41, 5.74) is 5.00. The van der Waals surface area contributed by atoms with E-state index in [2.05, 4.69) is 6.58 Å². The standard InChI is InChI=1S/C17H29N3O3/c1-2-6-17(13-21)7-3-8-20(12-17)16(23)14-4-9-19(10-5-14)11-15(18)22/h2,14,21H,1,3-13H2,(H2,18,22)/t17-/m1/s1. The van der Waals surface area contributed by atoms with Crippen molar-refractivity contribution < 1.29 is 14.7 Å². The Hall–Kier alpha value is -1.40. The molecule has 0 aromatic heterocycles. The number of hydrogen-bond donors (Lipinski definition) is 2. The molecule has 0 aliphatic carbocycles. The molecule has 6 heteroatoms. The lowest BCUT2D eigenvalue weighted by atomic mass is 9.77. The minimum absolute atomic E-state index is 0.0253. The number of hydrogen-bond acceptors (Lipinski definition) is 4. The van der Waals surface area contributed by atoms with Crippen molar-refractivity contribution in [3.05, 3.63) is 12.7 Å². The maximum atomic E-state index is 12.8. The SMILES string of the molecule is C=CC[C@@]1(CO)CCCN(C(=O)C2CCN(CC(N)=O)CC2)C1. The second-order valence-corrected chi connectivity index (χ2v) is 7.03. The van der Waals surface area contributed by atoms with Gasteiger partial charge in [-0.25, -0.2) is 0 Å². The fourth-order valence-corrected chi connectivity index (χ4v) is 3.88. The van der Waals surface area contributed by atoms with E-state index in [1.807, 2.05) is 15.9 Å². The molecule has 2 amide bonds. The first-order valence-electron chi connectivity index (χ1n) is 8.51. The molecule has 23 heavy (non-hydrogen) atoms. The van der Waals surface area contributed by atoms with Crippen molar-refractivity contribution in [3.8, 4) is 0 Å². The predicted molar refractivity (Wildman–Crippen MR) is 88.5 cm³/mol. The molecule has 1 atom stereocenters. The molecule has 2 aliphatic heterocycles. The summed E-state index contributed by atoms with van der Waals surface area (Å²) in [6, 6.07) is 0. The van der Waals surface area contributed by atoms with Crippen LogP contribution in [0.15, 0.2) is 12.7 Å². The maximum absolute atomic E-state index is 12.8. The Balaban J connectivity index is 1.90. The van der Waals surface area contributed by atoms with E-state index in [1.165, 1.54) is 0 Å². The number of carbonyl (C=O) groups excluding carboxylic acids is 2. The second-order valence-electron chi connectivity index (χ2n) is 7.03. The third-order valence-electron chi connectivity index (χ3n) is 5.20. The first kappa shape index (κ1) is 17.9. The van der Waals surface area contributed by atoms with Crippen molar-refractivity contribution in [3.63, 3.8) is 0 Å². The van der Waals surface area contributed by atoms with Gasteiger partial charge in [0.1, 0.15) is 0 Å². The van der Waals surface area contributed by atoms with Crippen LogP contribution in [-0.4, -0.2) is 66.1 Å². The van der Waals surface area contributed by atoms with E-state index < -0.39 is 0 Å². The summed E-state index contributed by atoms with van der Waals surface area (Å²) in [6.07, 6.45) is 6.00. The van der Waals surface area contributed by atoms with Crippen LogP contribution < -0.4 is 5.73 Å². The molecule has 2 fully saturated rings. The Labute approximate surface area is 138 Å². The number of allylic oxidation sites excluding steroid dienone is 1. The number of aliphatic hydroxyl groups excluding tert-OH is 1. The molecule has 0 bridgehead atoms. The zero-order valence-corrected chi connectivity index (χ0v) is 13.9. The normalized spacial score (nSPS) is 26.9. The number of likely N-dealkylation sites (tertiary alicyclic amines) is 2. The van der Waals surface area contributed by atoms with Gasteiger partial charge in [-0.05, 0) is 45.2 Å². The van der Waals surface area contributed by atoms with E-state index >= 15 is 0 Å². The smallest absolute Gasteiger partial charge is 0.231 e. The molecule has 6 nitrogen and oxygen atoms in total. The predicted octanol–water partition coefficient (Wildman–Crippen LogP) is 0.361. The number of piperidine rings is 2. The second kappa shape index (κ2) is 7.93. The van der Waals surface area contributed by atoms with E-state index in [0.717, 1.165) is 51.7 Å². The van der Waals surface area contributed by atoms with Gasteiger partial charge < -0.3 is 15.7 Å². The van der Waals surface area contributed by atoms with Gasteiger partial charge in [0.15, 0.2) is 0 Å². The van der Waals surface area contributed by atoms with Crippen LogP contribution in [0.3, 0.4) is 0 Å². The van der Waals surface area contributed by atoms with Crippen molar-refractivity contribution in [2.75, 3.05) is 39.3 Å². The zero-order chi connectivity index (χ0) is 16.9. The van der Waals surface area contributed by atoms with Crippen molar-refractivity contribution in [1.29, 1.82) is 0 Å². The van der Waals surface area contributed by atoms with Crippen molar-refractivity contribution in [1.82, 2.24) is 9.80 Å².